The average molecular weight is 566 g/mol. The number of sulfonamides is 1. The number of piperidine rings is 1. The van der Waals surface area contributed by atoms with E-state index < -0.39 is 21.9 Å². The minimum Gasteiger partial charge on any atom is -0.465 e. The third-order valence-electron chi connectivity index (χ3n) is 5.49. The smallest absolute Gasteiger partial charge is 0.326 e. The molecule has 8 nitrogen and oxygen atoms in total. The van der Waals surface area contributed by atoms with Crippen LogP contribution in [0.3, 0.4) is 0 Å². The summed E-state index contributed by atoms with van der Waals surface area (Å²) < 4.78 is 35.7. The second kappa shape index (κ2) is 10.5. The monoisotopic (exact) mass is 565 g/mol. The highest BCUT2D eigenvalue weighted by Gasteiger charge is 2.26. The normalized spacial score (nSPS) is 15.5. The van der Waals surface area contributed by atoms with Crippen molar-refractivity contribution < 1.29 is 22.7 Å². The quantitative estimate of drug-likeness (QED) is 0.421. The second-order valence-corrected chi connectivity index (χ2v) is 11.7. The topological polar surface area (TPSA) is 98.0 Å². The van der Waals surface area contributed by atoms with Crippen molar-refractivity contribution in [1.82, 2.24) is 8.87 Å². The lowest BCUT2D eigenvalue weighted by Gasteiger charge is -2.25. The van der Waals surface area contributed by atoms with Crippen LogP contribution in [0.5, 0.6) is 0 Å². The fraction of sp³-hybridized carbons (Fsp3) is 0.348. The highest BCUT2D eigenvalue weighted by molar-refractivity contribution is 9.10. The Hall–Kier alpha value is -2.34. The number of thiazole rings is 1. The van der Waals surface area contributed by atoms with Gasteiger partial charge in [-0.3, -0.25) is 9.59 Å². The van der Waals surface area contributed by atoms with Gasteiger partial charge < -0.3 is 9.30 Å². The molecule has 0 radical (unpaired) electrons. The highest BCUT2D eigenvalue weighted by Crippen LogP contribution is 2.23. The number of amides is 1. The van der Waals surface area contributed by atoms with Crippen LogP contribution in [0.1, 0.15) is 36.5 Å². The number of halogens is 1. The number of benzene rings is 2. The second-order valence-electron chi connectivity index (χ2n) is 7.79. The van der Waals surface area contributed by atoms with Gasteiger partial charge in [-0.2, -0.15) is 9.30 Å². The van der Waals surface area contributed by atoms with Crippen LogP contribution in [0, 0.1) is 0 Å². The molecule has 0 unspecified atom stereocenters. The van der Waals surface area contributed by atoms with Gasteiger partial charge >= 0.3 is 5.97 Å². The fourth-order valence-corrected chi connectivity index (χ4v) is 6.89. The van der Waals surface area contributed by atoms with Crippen molar-refractivity contribution in [2.45, 2.75) is 37.6 Å². The number of aromatic nitrogens is 1. The molecule has 0 atom stereocenters. The highest BCUT2D eigenvalue weighted by atomic mass is 79.9. The molecule has 1 aliphatic heterocycles. The first-order chi connectivity index (χ1) is 16.3. The van der Waals surface area contributed by atoms with Crippen LogP contribution < -0.4 is 4.80 Å². The van der Waals surface area contributed by atoms with E-state index >= 15 is 0 Å². The van der Waals surface area contributed by atoms with E-state index in [0.717, 1.165) is 34.0 Å². The van der Waals surface area contributed by atoms with Crippen molar-refractivity contribution in [3.63, 3.8) is 0 Å². The fourth-order valence-electron chi connectivity index (χ4n) is 3.80. The van der Waals surface area contributed by atoms with E-state index in [4.69, 9.17) is 4.74 Å². The molecule has 2 aromatic carbocycles. The molecular weight excluding hydrogens is 542 g/mol. The van der Waals surface area contributed by atoms with Crippen LogP contribution >= 0.6 is 27.3 Å². The largest absolute Gasteiger partial charge is 0.465 e. The predicted octanol–water partition coefficient (Wildman–Crippen LogP) is 3.94. The van der Waals surface area contributed by atoms with Crippen LogP contribution in [0.2, 0.25) is 0 Å². The van der Waals surface area contributed by atoms with Crippen molar-refractivity contribution in [3.05, 3.63) is 57.3 Å². The van der Waals surface area contributed by atoms with Crippen LogP contribution in [-0.2, 0) is 26.1 Å². The van der Waals surface area contributed by atoms with E-state index in [9.17, 15) is 18.0 Å². The van der Waals surface area contributed by atoms with Gasteiger partial charge in [0.05, 0.1) is 21.7 Å². The molecule has 0 aliphatic carbocycles. The molecule has 3 aromatic rings. The first-order valence-corrected chi connectivity index (χ1v) is 14.0. The van der Waals surface area contributed by atoms with Gasteiger partial charge in [0.25, 0.3) is 5.91 Å². The third-order valence-corrected chi connectivity index (χ3v) is 8.94. The Morgan fingerprint density at radius 2 is 1.79 bits per heavy atom. The van der Waals surface area contributed by atoms with Gasteiger partial charge in [0, 0.05) is 23.1 Å². The van der Waals surface area contributed by atoms with Gasteiger partial charge in [-0.05, 0) is 62.2 Å². The number of hydrogen-bond donors (Lipinski definition) is 0. The Balaban J connectivity index is 1.66. The number of esters is 1. The van der Waals surface area contributed by atoms with Crippen LogP contribution in [0.25, 0.3) is 10.2 Å². The van der Waals surface area contributed by atoms with Gasteiger partial charge in [-0.1, -0.05) is 33.7 Å². The molecule has 4 rings (SSSR count). The predicted molar refractivity (Wildman–Crippen MR) is 133 cm³/mol. The molecule has 2 heterocycles. The van der Waals surface area contributed by atoms with Gasteiger partial charge in [0.2, 0.25) is 10.0 Å². The molecule has 1 fully saturated rings. The summed E-state index contributed by atoms with van der Waals surface area (Å²) in [6.45, 7) is 2.94. The zero-order chi connectivity index (χ0) is 24.3. The van der Waals surface area contributed by atoms with E-state index in [-0.39, 0.29) is 23.6 Å². The molecule has 1 aromatic heterocycles. The third kappa shape index (κ3) is 5.32. The van der Waals surface area contributed by atoms with Gasteiger partial charge in [-0.15, -0.1) is 0 Å². The van der Waals surface area contributed by atoms with E-state index in [2.05, 4.69) is 20.9 Å². The van der Waals surface area contributed by atoms with E-state index in [1.165, 1.54) is 39.9 Å². The summed E-state index contributed by atoms with van der Waals surface area (Å²) in [6.07, 6.45) is 2.74. The summed E-state index contributed by atoms with van der Waals surface area (Å²) in [7, 11) is -3.58. The van der Waals surface area contributed by atoms with Gasteiger partial charge in [-0.25, -0.2) is 8.42 Å². The van der Waals surface area contributed by atoms with Crippen molar-refractivity contribution in [2.24, 2.45) is 4.99 Å². The number of rotatable bonds is 6. The lowest BCUT2D eigenvalue weighted by Crippen LogP contribution is -2.35. The van der Waals surface area contributed by atoms with Crippen molar-refractivity contribution in [2.75, 3.05) is 19.7 Å². The first-order valence-electron chi connectivity index (χ1n) is 10.9. The summed E-state index contributed by atoms with van der Waals surface area (Å²) in [5.74, 6) is -0.948. The summed E-state index contributed by atoms with van der Waals surface area (Å²) >= 11 is 4.72. The molecule has 1 saturated heterocycles. The molecule has 1 amide bonds. The van der Waals surface area contributed by atoms with Crippen molar-refractivity contribution in [3.8, 4) is 0 Å². The molecule has 0 saturated carbocycles. The Labute approximate surface area is 210 Å². The molecule has 11 heteroatoms. The lowest BCUT2D eigenvalue weighted by atomic mass is 10.2. The zero-order valence-corrected chi connectivity index (χ0v) is 21.8. The number of fused-ring (bicyclic) bond motifs is 1. The van der Waals surface area contributed by atoms with Crippen LogP contribution in [0.4, 0.5) is 0 Å². The maximum Gasteiger partial charge on any atom is 0.326 e. The molecule has 0 bridgehead atoms. The minimum absolute atomic E-state index is 0.0748. The number of carbonyl (C=O) groups excluding carboxylic acids is 2. The maximum atomic E-state index is 12.9. The zero-order valence-electron chi connectivity index (χ0n) is 18.6. The first kappa shape index (κ1) is 24.8. The minimum atomic E-state index is -3.58. The Bertz CT molecular complexity index is 1390. The SMILES string of the molecule is CCOC(=O)Cn1c(=NC(=O)c2ccc(S(=O)(=O)N3CCCCC3)cc2)sc2cc(Br)ccc21. The standard InChI is InChI=1S/C23H24BrN3O5S2/c1-2-32-21(28)15-27-19-11-8-17(24)14-20(19)33-23(27)25-22(29)16-6-9-18(10-7-16)34(30,31)26-12-4-3-5-13-26/h6-11,14H,2-5,12-13,15H2,1H3. The number of nitrogens with zero attached hydrogens (tertiary/aromatic N) is 3. The summed E-state index contributed by atoms with van der Waals surface area (Å²) in [6, 6.07) is 11.4. The van der Waals surface area contributed by atoms with Crippen molar-refractivity contribution >= 4 is 59.4 Å². The molecule has 34 heavy (non-hydrogen) atoms. The number of carbonyl (C=O) groups is 2. The lowest BCUT2D eigenvalue weighted by molar-refractivity contribution is -0.143. The van der Waals surface area contributed by atoms with Crippen molar-refractivity contribution in [1.29, 1.82) is 0 Å². The number of hydrogen-bond acceptors (Lipinski definition) is 6. The molecular formula is C23H24BrN3O5S2. The Kier molecular flexibility index (Phi) is 7.66. The average Bonchev–Trinajstić information content (AvgIpc) is 3.15. The summed E-state index contributed by atoms with van der Waals surface area (Å²) in [4.78, 5) is 29.9. The van der Waals surface area contributed by atoms with Crippen LogP contribution in [0.15, 0.2) is 56.8 Å². The Morgan fingerprint density at radius 3 is 2.47 bits per heavy atom. The van der Waals surface area contributed by atoms with E-state index in [1.54, 1.807) is 11.5 Å². The Morgan fingerprint density at radius 1 is 1.09 bits per heavy atom. The van der Waals surface area contributed by atoms with Crippen LogP contribution in [-0.4, -0.2) is 48.9 Å². The molecule has 1 aliphatic rings. The maximum absolute atomic E-state index is 12.9. The van der Waals surface area contributed by atoms with E-state index in [0.29, 0.717) is 17.9 Å². The van der Waals surface area contributed by atoms with Gasteiger partial charge in [0.15, 0.2) is 4.80 Å². The summed E-state index contributed by atoms with van der Waals surface area (Å²) in [5, 5.41) is 0. The molecule has 0 spiro atoms. The van der Waals surface area contributed by atoms with E-state index in [1.807, 2.05) is 18.2 Å². The number of ether oxygens (including phenoxy) is 1. The van der Waals surface area contributed by atoms with Gasteiger partial charge in [0.1, 0.15) is 6.54 Å². The molecule has 0 N–H and O–H groups in total. The molecule has 180 valence electrons. The summed E-state index contributed by atoms with van der Waals surface area (Å²) in [5.41, 5.74) is 1.02.